The molecule has 0 saturated heterocycles. The molecule has 3 aromatic rings. The van der Waals surface area contributed by atoms with E-state index in [1.165, 1.54) is 0 Å². The van der Waals surface area contributed by atoms with Crippen molar-refractivity contribution in [1.82, 2.24) is 23.9 Å². The van der Waals surface area contributed by atoms with Gasteiger partial charge in [-0.15, -0.1) is 0 Å². The summed E-state index contributed by atoms with van der Waals surface area (Å²) in [5.41, 5.74) is 1.34. The van der Waals surface area contributed by atoms with E-state index in [1.54, 1.807) is 77.4 Å². The Kier molecular flexibility index (Phi) is 7.39. The number of hydrogen-bond acceptors (Lipinski definition) is 4. The minimum absolute atomic E-state index is 0.193. The molecule has 3 rings (SSSR count). The lowest BCUT2D eigenvalue weighted by molar-refractivity contribution is 0.0942. The Morgan fingerprint density at radius 2 is 1.33 bits per heavy atom. The lowest BCUT2D eigenvalue weighted by Gasteiger charge is -2.12. The van der Waals surface area contributed by atoms with Crippen molar-refractivity contribution in [2.24, 2.45) is 21.1 Å². The largest absolute Gasteiger partial charge is 0.351 e. The molecule has 0 aliphatic heterocycles. The standard InChI is InChI=1S/C23H31N7O3/c1-27(2)14-7-13-24-21(31)17-9-11-20(29(17)4)26-23(33)18-10-12-19(30(18)5)25-22(32)16-8-6-15-28(16)3/h6,8-12,15H,7,13-14H2,1-5H3,(H,24,31)(H,25,32)(H,26,33). The summed E-state index contributed by atoms with van der Waals surface area (Å²) in [7, 11) is 9.19. The summed E-state index contributed by atoms with van der Waals surface area (Å²) in [6, 6.07) is 10.2. The second kappa shape index (κ2) is 10.2. The number of anilines is 2. The number of amides is 3. The molecule has 3 aromatic heterocycles. The van der Waals surface area contributed by atoms with Crippen molar-refractivity contribution in [3.63, 3.8) is 0 Å². The molecule has 0 aliphatic rings. The fourth-order valence-electron chi connectivity index (χ4n) is 3.48. The summed E-state index contributed by atoms with van der Waals surface area (Å²) < 4.78 is 4.97. The molecule has 0 bridgehead atoms. The Morgan fingerprint density at radius 1 is 0.788 bits per heavy atom. The van der Waals surface area contributed by atoms with Crippen molar-refractivity contribution in [1.29, 1.82) is 0 Å². The fraction of sp³-hybridized carbons (Fsp3) is 0.348. The van der Waals surface area contributed by atoms with E-state index in [2.05, 4.69) is 20.9 Å². The number of nitrogens with zero attached hydrogens (tertiary/aromatic N) is 4. The Balaban J connectivity index is 1.63. The van der Waals surface area contributed by atoms with Crippen LogP contribution in [0.25, 0.3) is 0 Å². The molecule has 0 fully saturated rings. The highest BCUT2D eigenvalue weighted by Gasteiger charge is 2.18. The molecule has 176 valence electrons. The maximum atomic E-state index is 12.9. The predicted octanol–water partition coefficient (Wildman–Crippen LogP) is 1.89. The molecule has 0 aromatic carbocycles. The van der Waals surface area contributed by atoms with Crippen molar-refractivity contribution >= 4 is 29.4 Å². The second-order valence-electron chi connectivity index (χ2n) is 8.15. The molecule has 33 heavy (non-hydrogen) atoms. The summed E-state index contributed by atoms with van der Waals surface area (Å²) in [4.78, 5) is 39.8. The Morgan fingerprint density at radius 3 is 1.85 bits per heavy atom. The molecule has 3 N–H and O–H groups in total. The van der Waals surface area contributed by atoms with Gasteiger partial charge in [-0.05, 0) is 63.5 Å². The normalized spacial score (nSPS) is 11.0. The van der Waals surface area contributed by atoms with Gasteiger partial charge in [-0.3, -0.25) is 14.4 Å². The molecule has 3 heterocycles. The minimum atomic E-state index is -0.351. The summed E-state index contributed by atoms with van der Waals surface area (Å²) >= 11 is 0. The van der Waals surface area contributed by atoms with Gasteiger partial charge in [0.2, 0.25) is 0 Å². The maximum Gasteiger partial charge on any atom is 0.273 e. The van der Waals surface area contributed by atoms with Gasteiger partial charge in [-0.25, -0.2) is 0 Å². The van der Waals surface area contributed by atoms with Crippen LogP contribution in [-0.4, -0.2) is 63.5 Å². The van der Waals surface area contributed by atoms with Crippen molar-refractivity contribution in [3.05, 3.63) is 59.7 Å². The number of aryl methyl sites for hydroxylation is 1. The van der Waals surface area contributed by atoms with E-state index in [1.807, 2.05) is 14.1 Å². The number of hydrogen-bond donors (Lipinski definition) is 3. The third kappa shape index (κ3) is 5.53. The zero-order valence-corrected chi connectivity index (χ0v) is 19.7. The van der Waals surface area contributed by atoms with Gasteiger partial charge in [0.25, 0.3) is 17.7 Å². The number of carbonyl (C=O) groups is 3. The molecule has 0 unspecified atom stereocenters. The van der Waals surface area contributed by atoms with Gasteiger partial charge in [-0.2, -0.15) is 0 Å². The predicted molar refractivity (Wildman–Crippen MR) is 128 cm³/mol. The van der Waals surface area contributed by atoms with Gasteiger partial charge in [-0.1, -0.05) is 0 Å². The summed E-state index contributed by atoms with van der Waals surface area (Å²) in [6.45, 7) is 1.46. The van der Waals surface area contributed by atoms with Crippen molar-refractivity contribution in [3.8, 4) is 0 Å². The van der Waals surface area contributed by atoms with E-state index in [0.717, 1.165) is 13.0 Å². The first kappa shape index (κ1) is 23.9. The average Bonchev–Trinajstić information content (AvgIpc) is 3.45. The number of rotatable bonds is 9. The van der Waals surface area contributed by atoms with Crippen LogP contribution in [0.15, 0.2) is 42.6 Å². The summed E-state index contributed by atoms with van der Waals surface area (Å²) in [5.74, 6) is 0.182. The summed E-state index contributed by atoms with van der Waals surface area (Å²) in [6.07, 6.45) is 2.64. The molecule has 0 radical (unpaired) electrons. The summed E-state index contributed by atoms with van der Waals surface area (Å²) in [5, 5.41) is 8.54. The van der Waals surface area contributed by atoms with E-state index in [-0.39, 0.29) is 17.7 Å². The zero-order chi connectivity index (χ0) is 24.1. The molecule has 3 amide bonds. The highest BCUT2D eigenvalue weighted by atomic mass is 16.2. The van der Waals surface area contributed by atoms with Crippen LogP contribution >= 0.6 is 0 Å². The third-order valence-corrected chi connectivity index (χ3v) is 5.44. The van der Waals surface area contributed by atoms with Gasteiger partial charge in [0.15, 0.2) is 0 Å². The molecule has 0 atom stereocenters. The van der Waals surface area contributed by atoms with Crippen molar-refractivity contribution in [2.45, 2.75) is 6.42 Å². The van der Waals surface area contributed by atoms with Crippen LogP contribution in [-0.2, 0) is 21.1 Å². The Labute approximate surface area is 193 Å². The van der Waals surface area contributed by atoms with Crippen LogP contribution in [0, 0.1) is 0 Å². The first-order chi connectivity index (χ1) is 15.7. The van der Waals surface area contributed by atoms with Crippen molar-refractivity contribution < 1.29 is 14.4 Å². The van der Waals surface area contributed by atoms with Crippen LogP contribution in [0.2, 0.25) is 0 Å². The highest BCUT2D eigenvalue weighted by molar-refractivity contribution is 6.06. The van der Waals surface area contributed by atoms with E-state index >= 15 is 0 Å². The van der Waals surface area contributed by atoms with E-state index in [4.69, 9.17) is 0 Å². The van der Waals surface area contributed by atoms with E-state index < -0.39 is 0 Å². The van der Waals surface area contributed by atoms with Gasteiger partial charge in [0.05, 0.1) is 0 Å². The first-order valence-corrected chi connectivity index (χ1v) is 10.7. The lowest BCUT2D eigenvalue weighted by Crippen LogP contribution is -2.28. The lowest BCUT2D eigenvalue weighted by atomic mass is 10.3. The highest BCUT2D eigenvalue weighted by Crippen LogP contribution is 2.18. The molecule has 0 spiro atoms. The maximum absolute atomic E-state index is 12.9. The quantitative estimate of drug-likeness (QED) is 0.430. The van der Waals surface area contributed by atoms with Gasteiger partial charge in [0, 0.05) is 33.9 Å². The molecular formula is C23H31N7O3. The first-order valence-electron chi connectivity index (χ1n) is 10.7. The SMILES string of the molecule is CN(C)CCCNC(=O)c1ccc(NC(=O)c2ccc(NC(=O)c3cccn3C)n2C)n1C. The van der Waals surface area contributed by atoms with Gasteiger partial charge >= 0.3 is 0 Å². The van der Waals surface area contributed by atoms with Gasteiger partial charge in [0.1, 0.15) is 28.7 Å². The number of carbonyl (C=O) groups excluding carboxylic acids is 3. The minimum Gasteiger partial charge on any atom is -0.351 e. The average molecular weight is 454 g/mol. The molecule has 0 saturated carbocycles. The molecule has 10 nitrogen and oxygen atoms in total. The zero-order valence-electron chi connectivity index (χ0n) is 19.7. The monoisotopic (exact) mass is 453 g/mol. The Hall–Kier alpha value is -3.79. The fourth-order valence-corrected chi connectivity index (χ4v) is 3.48. The molecule has 0 aliphatic carbocycles. The Bertz CT molecular complexity index is 1150. The van der Waals surface area contributed by atoms with E-state index in [9.17, 15) is 14.4 Å². The van der Waals surface area contributed by atoms with Crippen molar-refractivity contribution in [2.75, 3.05) is 37.8 Å². The smallest absolute Gasteiger partial charge is 0.273 e. The third-order valence-electron chi connectivity index (χ3n) is 5.44. The van der Waals surface area contributed by atoms with Crippen LogP contribution in [0.5, 0.6) is 0 Å². The van der Waals surface area contributed by atoms with Crippen LogP contribution in [0.1, 0.15) is 37.9 Å². The molecular weight excluding hydrogens is 422 g/mol. The van der Waals surface area contributed by atoms with E-state index in [0.29, 0.717) is 35.3 Å². The van der Waals surface area contributed by atoms with Gasteiger partial charge < -0.3 is 34.6 Å². The topological polar surface area (TPSA) is 105 Å². The molecule has 10 heteroatoms. The van der Waals surface area contributed by atoms with Crippen LogP contribution < -0.4 is 16.0 Å². The number of nitrogens with one attached hydrogen (secondary N) is 3. The van der Waals surface area contributed by atoms with Crippen LogP contribution in [0.3, 0.4) is 0 Å². The van der Waals surface area contributed by atoms with Crippen LogP contribution in [0.4, 0.5) is 11.6 Å². The number of aromatic nitrogens is 3. The second-order valence-corrected chi connectivity index (χ2v) is 8.15.